The molecule has 1 aliphatic rings. The maximum atomic E-state index is 9.14. The molecule has 3 nitrogen and oxygen atoms in total. The summed E-state index contributed by atoms with van der Waals surface area (Å²) in [4.78, 5) is 0. The predicted octanol–water partition coefficient (Wildman–Crippen LogP) is 1.50. The molecule has 1 rings (SSSR count). The van der Waals surface area contributed by atoms with Crippen molar-refractivity contribution in [3.8, 4) is 0 Å². The number of nitrogens with two attached hydrogens (primary N) is 1. The lowest BCUT2D eigenvalue weighted by Gasteiger charge is -2.40. The molecule has 3 heteroatoms. The number of hydrogen-bond donors (Lipinski definition) is 3. The standard InChI is InChI=1S/C13H28N2O/c1-10(8-16)11(2)15-13(3,9-14)7-12-5-4-6-12/h10-12,15-16H,4-9,14H2,1-3H3. The van der Waals surface area contributed by atoms with E-state index in [-0.39, 0.29) is 18.1 Å². The summed E-state index contributed by atoms with van der Waals surface area (Å²) in [6.45, 7) is 7.32. The lowest BCUT2D eigenvalue weighted by molar-refractivity contribution is 0.156. The van der Waals surface area contributed by atoms with Gasteiger partial charge in [-0.1, -0.05) is 26.2 Å². The number of rotatable bonds is 7. The van der Waals surface area contributed by atoms with Crippen LogP contribution in [-0.2, 0) is 0 Å². The zero-order valence-corrected chi connectivity index (χ0v) is 11.0. The molecular weight excluding hydrogens is 200 g/mol. The van der Waals surface area contributed by atoms with Crippen LogP contribution in [0, 0.1) is 11.8 Å². The average molecular weight is 228 g/mol. The van der Waals surface area contributed by atoms with Crippen LogP contribution < -0.4 is 11.1 Å². The van der Waals surface area contributed by atoms with E-state index >= 15 is 0 Å². The zero-order chi connectivity index (χ0) is 12.2. The van der Waals surface area contributed by atoms with E-state index in [1.165, 1.54) is 25.7 Å². The van der Waals surface area contributed by atoms with E-state index in [1.54, 1.807) is 0 Å². The van der Waals surface area contributed by atoms with Crippen molar-refractivity contribution < 1.29 is 5.11 Å². The normalized spacial score (nSPS) is 24.6. The Morgan fingerprint density at radius 3 is 2.44 bits per heavy atom. The van der Waals surface area contributed by atoms with Gasteiger partial charge in [0, 0.05) is 24.7 Å². The van der Waals surface area contributed by atoms with Gasteiger partial charge < -0.3 is 16.2 Å². The Balaban J connectivity index is 2.44. The third kappa shape index (κ3) is 3.72. The topological polar surface area (TPSA) is 58.3 Å². The first-order chi connectivity index (χ1) is 7.50. The van der Waals surface area contributed by atoms with Crippen molar-refractivity contribution in [2.24, 2.45) is 17.6 Å². The van der Waals surface area contributed by atoms with Crippen LogP contribution >= 0.6 is 0 Å². The molecule has 0 bridgehead atoms. The third-order valence-corrected chi connectivity index (χ3v) is 4.13. The van der Waals surface area contributed by atoms with E-state index in [4.69, 9.17) is 10.8 Å². The molecule has 0 spiro atoms. The fourth-order valence-corrected chi connectivity index (χ4v) is 2.39. The monoisotopic (exact) mass is 228 g/mol. The van der Waals surface area contributed by atoms with Gasteiger partial charge in [-0.25, -0.2) is 0 Å². The van der Waals surface area contributed by atoms with E-state index in [2.05, 4.69) is 26.1 Å². The van der Waals surface area contributed by atoms with Crippen LogP contribution in [0.5, 0.6) is 0 Å². The van der Waals surface area contributed by atoms with Crippen LogP contribution in [0.25, 0.3) is 0 Å². The Kier molecular flexibility index (Phi) is 5.22. The van der Waals surface area contributed by atoms with Gasteiger partial charge in [0.15, 0.2) is 0 Å². The number of aliphatic hydroxyl groups excluding tert-OH is 1. The maximum absolute atomic E-state index is 9.14. The highest BCUT2D eigenvalue weighted by Gasteiger charge is 2.31. The third-order valence-electron chi connectivity index (χ3n) is 4.13. The fourth-order valence-electron chi connectivity index (χ4n) is 2.39. The van der Waals surface area contributed by atoms with Crippen LogP contribution in [0.15, 0.2) is 0 Å². The van der Waals surface area contributed by atoms with Crippen LogP contribution in [0.3, 0.4) is 0 Å². The Morgan fingerprint density at radius 1 is 1.44 bits per heavy atom. The van der Waals surface area contributed by atoms with E-state index in [9.17, 15) is 0 Å². The second-order valence-electron chi connectivity index (χ2n) is 5.86. The molecule has 0 radical (unpaired) electrons. The van der Waals surface area contributed by atoms with Gasteiger partial charge in [0.05, 0.1) is 0 Å². The van der Waals surface area contributed by atoms with Gasteiger partial charge in [0.2, 0.25) is 0 Å². The van der Waals surface area contributed by atoms with Crippen molar-refractivity contribution in [1.82, 2.24) is 5.32 Å². The van der Waals surface area contributed by atoms with Crippen molar-refractivity contribution in [3.05, 3.63) is 0 Å². The lowest BCUT2D eigenvalue weighted by Crippen LogP contribution is -2.55. The van der Waals surface area contributed by atoms with Crippen molar-refractivity contribution in [2.75, 3.05) is 13.2 Å². The minimum atomic E-state index is 0.0356. The van der Waals surface area contributed by atoms with Gasteiger partial charge in [-0.2, -0.15) is 0 Å². The summed E-state index contributed by atoms with van der Waals surface area (Å²) < 4.78 is 0. The number of aliphatic hydroxyl groups is 1. The second-order valence-corrected chi connectivity index (χ2v) is 5.86. The summed E-state index contributed by atoms with van der Waals surface area (Å²) in [5.41, 5.74) is 5.93. The van der Waals surface area contributed by atoms with Crippen LogP contribution in [0.4, 0.5) is 0 Å². The largest absolute Gasteiger partial charge is 0.396 e. The molecule has 0 aromatic rings. The highest BCUT2D eigenvalue weighted by atomic mass is 16.3. The lowest BCUT2D eigenvalue weighted by atomic mass is 9.76. The van der Waals surface area contributed by atoms with E-state index < -0.39 is 0 Å². The first-order valence-electron chi connectivity index (χ1n) is 6.59. The molecule has 0 saturated heterocycles. The Bertz CT molecular complexity index is 206. The van der Waals surface area contributed by atoms with E-state index in [1.807, 2.05) is 0 Å². The molecule has 96 valence electrons. The van der Waals surface area contributed by atoms with Crippen molar-refractivity contribution >= 4 is 0 Å². The zero-order valence-electron chi connectivity index (χ0n) is 11.0. The van der Waals surface area contributed by atoms with Crippen LogP contribution in [0.1, 0.15) is 46.5 Å². The molecule has 0 aromatic carbocycles. The maximum Gasteiger partial charge on any atom is 0.0471 e. The summed E-state index contributed by atoms with van der Waals surface area (Å²) in [5.74, 6) is 1.14. The fraction of sp³-hybridized carbons (Fsp3) is 1.00. The highest BCUT2D eigenvalue weighted by molar-refractivity contribution is 4.91. The SMILES string of the molecule is CC(CO)C(C)NC(C)(CN)CC1CCC1. The Labute approximate surface area is 99.8 Å². The molecule has 4 N–H and O–H groups in total. The van der Waals surface area contributed by atoms with Crippen molar-refractivity contribution in [2.45, 2.75) is 58.0 Å². The first-order valence-corrected chi connectivity index (χ1v) is 6.59. The molecule has 3 unspecified atom stereocenters. The molecule has 1 saturated carbocycles. The molecule has 0 amide bonds. The second kappa shape index (κ2) is 5.99. The van der Waals surface area contributed by atoms with Crippen molar-refractivity contribution in [1.29, 1.82) is 0 Å². The van der Waals surface area contributed by atoms with Crippen LogP contribution in [0.2, 0.25) is 0 Å². The highest BCUT2D eigenvalue weighted by Crippen LogP contribution is 2.33. The molecule has 3 atom stereocenters. The molecule has 0 aromatic heterocycles. The van der Waals surface area contributed by atoms with Crippen molar-refractivity contribution in [3.63, 3.8) is 0 Å². The molecule has 1 fully saturated rings. The van der Waals surface area contributed by atoms with Gasteiger partial charge >= 0.3 is 0 Å². The predicted molar refractivity (Wildman–Crippen MR) is 68.3 cm³/mol. The summed E-state index contributed by atoms with van der Waals surface area (Å²) in [6.07, 6.45) is 5.28. The first kappa shape index (κ1) is 13.9. The van der Waals surface area contributed by atoms with Gasteiger partial charge in [-0.15, -0.1) is 0 Å². The summed E-state index contributed by atoms with van der Waals surface area (Å²) in [7, 11) is 0. The molecule has 16 heavy (non-hydrogen) atoms. The molecule has 0 heterocycles. The van der Waals surface area contributed by atoms with Crippen LogP contribution in [-0.4, -0.2) is 29.8 Å². The van der Waals surface area contributed by atoms with Gasteiger partial charge in [0.25, 0.3) is 0 Å². The van der Waals surface area contributed by atoms with E-state index in [0.717, 1.165) is 5.92 Å². The number of hydrogen-bond acceptors (Lipinski definition) is 3. The Hall–Kier alpha value is -0.120. The summed E-state index contributed by atoms with van der Waals surface area (Å²) in [6, 6.07) is 0.318. The Morgan fingerprint density at radius 2 is 2.06 bits per heavy atom. The smallest absolute Gasteiger partial charge is 0.0471 e. The minimum absolute atomic E-state index is 0.0356. The average Bonchev–Trinajstić information content (AvgIpc) is 2.22. The quantitative estimate of drug-likeness (QED) is 0.619. The van der Waals surface area contributed by atoms with Gasteiger partial charge in [-0.05, 0) is 32.1 Å². The number of nitrogens with one attached hydrogen (secondary N) is 1. The summed E-state index contributed by atoms with van der Waals surface area (Å²) in [5, 5.41) is 12.8. The summed E-state index contributed by atoms with van der Waals surface area (Å²) >= 11 is 0. The van der Waals surface area contributed by atoms with Gasteiger partial charge in [-0.3, -0.25) is 0 Å². The van der Waals surface area contributed by atoms with Gasteiger partial charge in [0.1, 0.15) is 0 Å². The molecule has 1 aliphatic carbocycles. The molecular formula is C13H28N2O. The van der Waals surface area contributed by atoms with E-state index in [0.29, 0.717) is 12.6 Å². The minimum Gasteiger partial charge on any atom is -0.396 e. The molecule has 0 aliphatic heterocycles.